The molecule has 0 fully saturated rings. The van der Waals surface area contributed by atoms with E-state index in [1.54, 1.807) is 0 Å². The van der Waals surface area contributed by atoms with Crippen LogP contribution >= 0.6 is 0 Å². The second kappa shape index (κ2) is 8.75. The highest BCUT2D eigenvalue weighted by Crippen LogP contribution is 2.12. The van der Waals surface area contributed by atoms with E-state index in [1.807, 2.05) is 18.7 Å². The first-order valence-electron chi connectivity index (χ1n) is 7.67. The Bertz CT molecular complexity index is 396. The van der Waals surface area contributed by atoms with Crippen molar-refractivity contribution in [2.75, 3.05) is 13.1 Å². The van der Waals surface area contributed by atoms with Crippen LogP contribution in [0.1, 0.15) is 44.7 Å². The number of benzene rings is 1. The lowest BCUT2D eigenvalue weighted by Gasteiger charge is -2.26. The van der Waals surface area contributed by atoms with Gasteiger partial charge in [-0.25, -0.2) is 0 Å². The van der Waals surface area contributed by atoms with Crippen molar-refractivity contribution in [2.45, 2.75) is 52.5 Å². The Morgan fingerprint density at radius 3 is 2.10 bits per heavy atom. The Hall–Kier alpha value is -1.35. The number of aryl methyl sites for hydroxylation is 1. The summed E-state index contributed by atoms with van der Waals surface area (Å²) in [6, 6.07) is 7.99. The fourth-order valence-electron chi connectivity index (χ4n) is 2.48. The molecule has 0 aliphatic carbocycles. The molecular weight excluding hydrogens is 250 g/mol. The zero-order valence-electron chi connectivity index (χ0n) is 12.9. The lowest BCUT2D eigenvalue weighted by Crippen LogP contribution is -2.42. The molecule has 3 nitrogen and oxygen atoms in total. The van der Waals surface area contributed by atoms with Gasteiger partial charge in [0.1, 0.15) is 6.04 Å². The summed E-state index contributed by atoms with van der Waals surface area (Å²) in [7, 11) is 0. The molecular formula is C17H27NO2. The molecule has 0 saturated heterocycles. The number of rotatable bonds is 9. The zero-order valence-corrected chi connectivity index (χ0v) is 12.9. The maximum atomic E-state index is 11.4. The molecule has 1 aromatic rings. The number of hydrogen-bond donors (Lipinski definition) is 1. The Morgan fingerprint density at radius 2 is 1.65 bits per heavy atom. The minimum atomic E-state index is -0.733. The molecule has 0 heterocycles. The summed E-state index contributed by atoms with van der Waals surface area (Å²) in [6.07, 6.45) is 4.08. The summed E-state index contributed by atoms with van der Waals surface area (Å²) in [5.41, 5.74) is 2.44. The molecule has 1 rings (SSSR count). The highest BCUT2D eigenvalue weighted by Gasteiger charge is 2.23. The molecule has 0 spiro atoms. The summed E-state index contributed by atoms with van der Waals surface area (Å²) >= 11 is 0. The van der Waals surface area contributed by atoms with Gasteiger partial charge in [-0.15, -0.1) is 0 Å². The Morgan fingerprint density at radius 1 is 1.10 bits per heavy atom. The fourth-order valence-corrected chi connectivity index (χ4v) is 2.48. The predicted molar refractivity (Wildman–Crippen MR) is 83.1 cm³/mol. The average molecular weight is 277 g/mol. The number of carboxylic acid groups (broad SMARTS) is 1. The topological polar surface area (TPSA) is 40.5 Å². The van der Waals surface area contributed by atoms with E-state index in [0.29, 0.717) is 6.42 Å². The van der Waals surface area contributed by atoms with E-state index in [-0.39, 0.29) is 0 Å². The van der Waals surface area contributed by atoms with E-state index in [0.717, 1.165) is 25.1 Å². The van der Waals surface area contributed by atoms with Crippen molar-refractivity contribution in [1.82, 2.24) is 4.90 Å². The van der Waals surface area contributed by atoms with Crippen molar-refractivity contribution in [3.63, 3.8) is 0 Å². The molecule has 0 saturated carbocycles. The van der Waals surface area contributed by atoms with Crippen molar-refractivity contribution >= 4 is 5.97 Å². The van der Waals surface area contributed by atoms with Gasteiger partial charge in [-0.05, 0) is 43.5 Å². The van der Waals surface area contributed by atoms with Gasteiger partial charge in [0, 0.05) is 0 Å². The van der Waals surface area contributed by atoms with Gasteiger partial charge in [0.25, 0.3) is 0 Å². The summed E-state index contributed by atoms with van der Waals surface area (Å²) in [6.45, 7) is 7.74. The van der Waals surface area contributed by atoms with Crippen LogP contribution in [0.4, 0.5) is 0 Å². The largest absolute Gasteiger partial charge is 0.480 e. The minimum absolute atomic E-state index is 0.425. The Kier molecular flexibility index (Phi) is 7.31. The number of carboxylic acids is 1. The van der Waals surface area contributed by atoms with Gasteiger partial charge in [-0.1, -0.05) is 51.5 Å². The first-order valence-corrected chi connectivity index (χ1v) is 7.67. The summed E-state index contributed by atoms with van der Waals surface area (Å²) in [5.74, 6) is -0.733. The van der Waals surface area contributed by atoms with E-state index >= 15 is 0 Å². The van der Waals surface area contributed by atoms with Gasteiger partial charge in [-0.3, -0.25) is 9.69 Å². The van der Waals surface area contributed by atoms with Gasteiger partial charge in [0.15, 0.2) is 0 Å². The SMILES string of the molecule is CCCCc1ccc(C[C@H](C(=O)O)N(CC)CC)cc1. The molecule has 1 aromatic carbocycles. The molecule has 0 unspecified atom stereocenters. The Labute approximate surface area is 122 Å². The highest BCUT2D eigenvalue weighted by molar-refractivity contribution is 5.74. The van der Waals surface area contributed by atoms with Crippen LogP contribution in [-0.2, 0) is 17.6 Å². The van der Waals surface area contributed by atoms with Crippen LogP contribution in [0.15, 0.2) is 24.3 Å². The molecule has 112 valence electrons. The lowest BCUT2D eigenvalue weighted by atomic mass is 10.0. The number of unbranched alkanes of at least 4 members (excludes halogenated alkanes) is 1. The van der Waals surface area contributed by atoms with E-state index in [9.17, 15) is 9.90 Å². The van der Waals surface area contributed by atoms with Crippen LogP contribution in [0.25, 0.3) is 0 Å². The first-order chi connectivity index (χ1) is 9.62. The van der Waals surface area contributed by atoms with E-state index < -0.39 is 12.0 Å². The minimum Gasteiger partial charge on any atom is -0.480 e. The van der Waals surface area contributed by atoms with Crippen molar-refractivity contribution in [3.05, 3.63) is 35.4 Å². The normalized spacial score (nSPS) is 12.6. The van der Waals surface area contributed by atoms with Crippen molar-refractivity contribution < 1.29 is 9.90 Å². The average Bonchev–Trinajstić information content (AvgIpc) is 2.46. The standard InChI is InChI=1S/C17H27NO2/c1-4-7-8-14-9-11-15(12-10-14)13-16(17(19)20)18(5-2)6-3/h9-12,16H,4-8,13H2,1-3H3,(H,19,20)/t16-/m1/s1. The van der Waals surface area contributed by atoms with Crippen molar-refractivity contribution in [3.8, 4) is 0 Å². The van der Waals surface area contributed by atoms with Gasteiger partial charge in [-0.2, -0.15) is 0 Å². The number of hydrogen-bond acceptors (Lipinski definition) is 2. The predicted octanol–water partition coefficient (Wildman–Crippen LogP) is 3.37. The van der Waals surface area contributed by atoms with Crippen LogP contribution < -0.4 is 0 Å². The highest BCUT2D eigenvalue weighted by atomic mass is 16.4. The summed E-state index contributed by atoms with van der Waals surface area (Å²) < 4.78 is 0. The van der Waals surface area contributed by atoms with Crippen LogP contribution in [0, 0.1) is 0 Å². The Balaban J connectivity index is 2.71. The molecule has 0 aromatic heterocycles. The van der Waals surface area contributed by atoms with Gasteiger partial charge >= 0.3 is 5.97 Å². The number of likely N-dealkylation sites (N-methyl/N-ethyl adjacent to an activating group) is 1. The molecule has 1 N–H and O–H groups in total. The van der Waals surface area contributed by atoms with E-state index in [2.05, 4.69) is 31.2 Å². The molecule has 20 heavy (non-hydrogen) atoms. The number of nitrogens with zero attached hydrogens (tertiary/aromatic N) is 1. The third-order valence-electron chi connectivity index (χ3n) is 3.81. The maximum Gasteiger partial charge on any atom is 0.321 e. The smallest absolute Gasteiger partial charge is 0.321 e. The quantitative estimate of drug-likeness (QED) is 0.752. The van der Waals surface area contributed by atoms with E-state index in [4.69, 9.17) is 0 Å². The molecule has 1 atom stereocenters. The second-order valence-electron chi connectivity index (χ2n) is 5.20. The maximum absolute atomic E-state index is 11.4. The van der Waals surface area contributed by atoms with Crippen LogP contribution in [0.2, 0.25) is 0 Å². The van der Waals surface area contributed by atoms with Crippen LogP contribution in [-0.4, -0.2) is 35.1 Å². The second-order valence-corrected chi connectivity index (χ2v) is 5.20. The molecule has 0 radical (unpaired) electrons. The summed E-state index contributed by atoms with van der Waals surface area (Å²) in [4.78, 5) is 13.4. The fraction of sp³-hybridized carbons (Fsp3) is 0.588. The molecule has 0 amide bonds. The van der Waals surface area contributed by atoms with Crippen LogP contribution in [0.3, 0.4) is 0 Å². The van der Waals surface area contributed by atoms with E-state index in [1.165, 1.54) is 18.4 Å². The lowest BCUT2D eigenvalue weighted by molar-refractivity contribution is -0.143. The van der Waals surface area contributed by atoms with Gasteiger partial charge < -0.3 is 5.11 Å². The van der Waals surface area contributed by atoms with Gasteiger partial charge in [0.2, 0.25) is 0 Å². The molecule has 0 aliphatic heterocycles. The van der Waals surface area contributed by atoms with Crippen molar-refractivity contribution in [1.29, 1.82) is 0 Å². The van der Waals surface area contributed by atoms with Crippen LogP contribution in [0.5, 0.6) is 0 Å². The molecule has 0 aliphatic rings. The monoisotopic (exact) mass is 277 g/mol. The third-order valence-corrected chi connectivity index (χ3v) is 3.81. The number of aliphatic carboxylic acids is 1. The zero-order chi connectivity index (χ0) is 15.0. The third kappa shape index (κ3) is 4.97. The van der Waals surface area contributed by atoms with Gasteiger partial charge in [0.05, 0.1) is 0 Å². The van der Waals surface area contributed by atoms with Crippen molar-refractivity contribution in [2.24, 2.45) is 0 Å². The number of carbonyl (C=O) groups is 1. The summed E-state index contributed by atoms with van der Waals surface area (Å²) in [5, 5.41) is 9.40. The molecule has 0 bridgehead atoms. The molecule has 3 heteroatoms. The first kappa shape index (κ1) is 16.7.